The Morgan fingerprint density at radius 3 is 2.50 bits per heavy atom. The molecule has 5 nitrogen and oxygen atoms in total. The molecule has 1 aromatic carbocycles. The monoisotopic (exact) mass is 282 g/mol. The summed E-state index contributed by atoms with van der Waals surface area (Å²) in [5.74, 6) is -1.62. The number of amides is 2. The van der Waals surface area contributed by atoms with E-state index in [-0.39, 0.29) is 18.3 Å². The van der Waals surface area contributed by atoms with Crippen LogP contribution < -0.4 is 10.6 Å². The minimum absolute atomic E-state index is 0.218. The summed E-state index contributed by atoms with van der Waals surface area (Å²) in [4.78, 5) is 22.5. The molecule has 0 aliphatic rings. The number of carbonyl (C=O) groups is 2. The molecule has 0 radical (unpaired) electrons. The zero-order valence-electron chi connectivity index (χ0n) is 11.5. The first-order valence-corrected chi connectivity index (χ1v) is 6.42. The van der Waals surface area contributed by atoms with Gasteiger partial charge in [0, 0.05) is 6.54 Å². The maximum Gasteiger partial charge on any atom is 0.326 e. The molecule has 0 saturated heterocycles. The van der Waals surface area contributed by atoms with Crippen LogP contribution in [0.25, 0.3) is 0 Å². The number of rotatable bonds is 6. The van der Waals surface area contributed by atoms with Crippen molar-refractivity contribution in [2.45, 2.75) is 26.3 Å². The average Bonchev–Trinajstić information content (AvgIpc) is 2.37. The Bertz CT molecular complexity index is 477. The van der Waals surface area contributed by atoms with Crippen LogP contribution in [-0.2, 0) is 11.2 Å². The van der Waals surface area contributed by atoms with E-state index >= 15 is 0 Å². The molecule has 2 amide bonds. The van der Waals surface area contributed by atoms with Gasteiger partial charge in [0.05, 0.1) is 0 Å². The minimum atomic E-state index is -1.08. The van der Waals surface area contributed by atoms with E-state index in [4.69, 9.17) is 5.11 Å². The normalized spacial score (nSPS) is 12.0. The van der Waals surface area contributed by atoms with Gasteiger partial charge < -0.3 is 15.7 Å². The Balaban J connectivity index is 2.40. The van der Waals surface area contributed by atoms with Crippen LogP contribution in [0, 0.1) is 11.7 Å². The second-order valence-electron chi connectivity index (χ2n) is 4.80. The average molecular weight is 282 g/mol. The lowest BCUT2D eigenvalue weighted by atomic mass is 10.1. The number of carbonyl (C=O) groups excluding carboxylic acids is 1. The predicted octanol–water partition coefficient (Wildman–Crippen LogP) is 1.78. The van der Waals surface area contributed by atoms with Gasteiger partial charge in [-0.25, -0.2) is 14.0 Å². The van der Waals surface area contributed by atoms with Gasteiger partial charge >= 0.3 is 12.0 Å². The third-order valence-electron chi connectivity index (χ3n) is 2.86. The molecule has 0 aliphatic carbocycles. The Labute approximate surface area is 117 Å². The van der Waals surface area contributed by atoms with Crippen LogP contribution in [-0.4, -0.2) is 29.7 Å². The zero-order valence-corrected chi connectivity index (χ0v) is 11.5. The highest BCUT2D eigenvalue weighted by atomic mass is 19.1. The molecule has 0 unspecified atom stereocenters. The molecule has 0 bridgehead atoms. The SMILES string of the molecule is CC(C)[C@@H](NC(=O)NCCc1ccccc1F)C(=O)O. The van der Waals surface area contributed by atoms with Crippen LogP contribution in [0.2, 0.25) is 0 Å². The van der Waals surface area contributed by atoms with Crippen molar-refractivity contribution in [2.24, 2.45) is 5.92 Å². The largest absolute Gasteiger partial charge is 0.480 e. The van der Waals surface area contributed by atoms with Crippen molar-refractivity contribution >= 4 is 12.0 Å². The van der Waals surface area contributed by atoms with E-state index in [2.05, 4.69) is 10.6 Å². The molecule has 1 aromatic rings. The molecule has 0 aliphatic heterocycles. The molecule has 1 rings (SSSR count). The molecule has 6 heteroatoms. The molecule has 110 valence electrons. The topological polar surface area (TPSA) is 78.4 Å². The van der Waals surface area contributed by atoms with Gasteiger partial charge in [0.2, 0.25) is 0 Å². The van der Waals surface area contributed by atoms with Crippen molar-refractivity contribution in [1.29, 1.82) is 0 Å². The van der Waals surface area contributed by atoms with Crippen molar-refractivity contribution < 1.29 is 19.1 Å². The number of nitrogens with one attached hydrogen (secondary N) is 2. The van der Waals surface area contributed by atoms with Crippen LogP contribution in [0.15, 0.2) is 24.3 Å². The van der Waals surface area contributed by atoms with E-state index in [9.17, 15) is 14.0 Å². The van der Waals surface area contributed by atoms with Crippen LogP contribution in [0.5, 0.6) is 0 Å². The zero-order chi connectivity index (χ0) is 15.1. The number of halogens is 1. The van der Waals surface area contributed by atoms with E-state index in [0.29, 0.717) is 12.0 Å². The molecule has 0 heterocycles. The maximum absolute atomic E-state index is 13.3. The van der Waals surface area contributed by atoms with Crippen LogP contribution >= 0.6 is 0 Å². The Kier molecular flexibility index (Phi) is 5.96. The summed E-state index contributed by atoms with van der Waals surface area (Å²) < 4.78 is 13.3. The summed E-state index contributed by atoms with van der Waals surface area (Å²) in [7, 11) is 0. The summed E-state index contributed by atoms with van der Waals surface area (Å²) in [5.41, 5.74) is 0.506. The highest BCUT2D eigenvalue weighted by Gasteiger charge is 2.23. The number of aliphatic carboxylic acids is 1. The van der Waals surface area contributed by atoms with Crippen molar-refractivity contribution in [3.63, 3.8) is 0 Å². The summed E-state index contributed by atoms with van der Waals surface area (Å²) in [5, 5.41) is 13.8. The van der Waals surface area contributed by atoms with E-state index < -0.39 is 18.0 Å². The van der Waals surface area contributed by atoms with Gasteiger partial charge in [-0.3, -0.25) is 0 Å². The third-order valence-corrected chi connectivity index (χ3v) is 2.86. The van der Waals surface area contributed by atoms with Crippen LogP contribution in [0.4, 0.5) is 9.18 Å². The number of hydrogen-bond donors (Lipinski definition) is 3. The maximum atomic E-state index is 13.3. The van der Waals surface area contributed by atoms with E-state index in [1.165, 1.54) is 6.07 Å². The summed E-state index contributed by atoms with van der Waals surface area (Å²) in [6.07, 6.45) is 0.347. The second kappa shape index (κ2) is 7.47. The van der Waals surface area contributed by atoms with Gasteiger partial charge in [-0.05, 0) is 24.0 Å². The van der Waals surface area contributed by atoms with Crippen molar-refractivity contribution in [2.75, 3.05) is 6.54 Å². The van der Waals surface area contributed by atoms with Crippen LogP contribution in [0.3, 0.4) is 0 Å². The van der Waals surface area contributed by atoms with Gasteiger partial charge in [-0.1, -0.05) is 32.0 Å². The lowest BCUT2D eigenvalue weighted by Crippen LogP contribution is -2.48. The van der Waals surface area contributed by atoms with E-state index in [0.717, 1.165) is 0 Å². The molecule has 3 N–H and O–H groups in total. The highest BCUT2D eigenvalue weighted by Crippen LogP contribution is 2.06. The first kappa shape index (κ1) is 15.9. The van der Waals surface area contributed by atoms with Crippen LogP contribution in [0.1, 0.15) is 19.4 Å². The standard InChI is InChI=1S/C14H19FN2O3/c1-9(2)12(13(18)19)17-14(20)16-8-7-10-5-3-4-6-11(10)15/h3-6,9,12H,7-8H2,1-2H3,(H,18,19)(H2,16,17,20)/t12-/m1/s1. The second-order valence-corrected chi connectivity index (χ2v) is 4.80. The molecular formula is C14H19FN2O3. The summed E-state index contributed by atoms with van der Waals surface area (Å²) >= 11 is 0. The molecule has 0 fully saturated rings. The number of carboxylic acids is 1. The predicted molar refractivity (Wildman–Crippen MR) is 72.9 cm³/mol. The summed E-state index contributed by atoms with van der Waals surface area (Å²) in [6.45, 7) is 3.65. The highest BCUT2D eigenvalue weighted by molar-refractivity contribution is 5.82. The molecule has 0 spiro atoms. The smallest absolute Gasteiger partial charge is 0.326 e. The summed E-state index contributed by atoms with van der Waals surface area (Å²) in [6, 6.07) is 4.81. The van der Waals surface area contributed by atoms with Gasteiger partial charge in [0.15, 0.2) is 0 Å². The lowest BCUT2D eigenvalue weighted by molar-refractivity contribution is -0.140. The fraction of sp³-hybridized carbons (Fsp3) is 0.429. The Hall–Kier alpha value is -2.11. The molecular weight excluding hydrogens is 263 g/mol. The molecule has 20 heavy (non-hydrogen) atoms. The van der Waals surface area contributed by atoms with Gasteiger partial charge in [-0.2, -0.15) is 0 Å². The fourth-order valence-corrected chi connectivity index (χ4v) is 1.72. The Morgan fingerprint density at radius 1 is 1.30 bits per heavy atom. The first-order valence-electron chi connectivity index (χ1n) is 6.42. The number of hydrogen-bond acceptors (Lipinski definition) is 2. The lowest BCUT2D eigenvalue weighted by Gasteiger charge is -2.18. The Morgan fingerprint density at radius 2 is 1.95 bits per heavy atom. The molecule has 1 atom stereocenters. The van der Waals surface area contributed by atoms with Gasteiger partial charge in [-0.15, -0.1) is 0 Å². The third kappa shape index (κ3) is 4.87. The minimum Gasteiger partial charge on any atom is -0.480 e. The van der Waals surface area contributed by atoms with Crippen molar-refractivity contribution in [1.82, 2.24) is 10.6 Å². The first-order chi connectivity index (χ1) is 9.41. The van der Waals surface area contributed by atoms with E-state index in [1.54, 1.807) is 32.0 Å². The number of carboxylic acid groups (broad SMARTS) is 1. The molecule has 0 saturated carbocycles. The van der Waals surface area contributed by atoms with Gasteiger partial charge in [0.25, 0.3) is 0 Å². The molecule has 0 aromatic heterocycles. The number of urea groups is 1. The van der Waals surface area contributed by atoms with Crippen molar-refractivity contribution in [3.05, 3.63) is 35.6 Å². The quantitative estimate of drug-likeness (QED) is 0.744. The van der Waals surface area contributed by atoms with Gasteiger partial charge in [0.1, 0.15) is 11.9 Å². The number of benzene rings is 1. The van der Waals surface area contributed by atoms with E-state index in [1.807, 2.05) is 0 Å². The fourth-order valence-electron chi connectivity index (χ4n) is 1.72. The van der Waals surface area contributed by atoms with Crippen molar-refractivity contribution in [3.8, 4) is 0 Å².